The fourth-order valence-corrected chi connectivity index (χ4v) is 4.39. The average molecular weight is 555 g/mol. The monoisotopic (exact) mass is 554 g/mol. The molecule has 0 unspecified atom stereocenters. The third-order valence-electron chi connectivity index (χ3n) is 4.74. The van der Waals surface area contributed by atoms with Gasteiger partial charge in [0.25, 0.3) is 0 Å². The molecule has 38 heavy (non-hydrogen) atoms. The van der Waals surface area contributed by atoms with Crippen LogP contribution in [0.25, 0.3) is 0 Å². The molecule has 7 nitrogen and oxygen atoms in total. The van der Waals surface area contributed by atoms with Crippen molar-refractivity contribution < 1.29 is 34.6 Å². The third-order valence-corrected chi connectivity index (χ3v) is 6.69. The molecule has 200 valence electrons. The smallest absolute Gasteiger partial charge is 0.146 e. The van der Waals surface area contributed by atoms with Gasteiger partial charge in [-0.2, -0.15) is 0 Å². The van der Waals surface area contributed by atoms with Crippen molar-refractivity contribution >= 4 is 23.5 Å². The number of phenols is 4. The van der Waals surface area contributed by atoms with Gasteiger partial charge in [0.15, 0.2) is 0 Å². The molecule has 0 heterocycles. The lowest BCUT2D eigenvalue weighted by Gasteiger charge is -2.06. The van der Waals surface area contributed by atoms with Crippen LogP contribution in [-0.4, -0.2) is 51.9 Å². The van der Waals surface area contributed by atoms with Crippen molar-refractivity contribution in [2.45, 2.75) is 9.79 Å². The molecule has 4 N–H and O–H groups in total. The van der Waals surface area contributed by atoms with Gasteiger partial charge in [-0.05, 0) is 97.1 Å². The molecule has 4 rings (SSSR count). The molecule has 4 aromatic carbocycles. The molecule has 0 aliphatic carbocycles. The number of rotatable bonds is 12. The SMILES string of the molecule is Oc1ccc(Oc2ccc(O)cc2)cc1.Oc1ccc(SCCOCOCCSc2ccc(O)cc2)cc1. The second-order valence-electron chi connectivity index (χ2n) is 7.71. The van der Waals surface area contributed by atoms with Gasteiger partial charge in [0.2, 0.25) is 0 Å². The molecule has 0 aliphatic heterocycles. The van der Waals surface area contributed by atoms with Gasteiger partial charge in [-0.25, -0.2) is 0 Å². The maximum atomic E-state index is 9.19. The van der Waals surface area contributed by atoms with Gasteiger partial charge < -0.3 is 34.6 Å². The lowest BCUT2D eigenvalue weighted by atomic mass is 10.3. The number of aromatic hydroxyl groups is 4. The predicted molar refractivity (Wildman–Crippen MR) is 151 cm³/mol. The van der Waals surface area contributed by atoms with Crippen molar-refractivity contribution in [3.8, 4) is 34.5 Å². The van der Waals surface area contributed by atoms with Gasteiger partial charge in [-0.1, -0.05) is 0 Å². The van der Waals surface area contributed by atoms with E-state index >= 15 is 0 Å². The van der Waals surface area contributed by atoms with Crippen molar-refractivity contribution in [1.82, 2.24) is 0 Å². The highest BCUT2D eigenvalue weighted by molar-refractivity contribution is 7.99. The summed E-state index contributed by atoms with van der Waals surface area (Å²) in [6.45, 7) is 1.54. The van der Waals surface area contributed by atoms with Gasteiger partial charge in [-0.3, -0.25) is 0 Å². The highest BCUT2D eigenvalue weighted by atomic mass is 32.2. The van der Waals surface area contributed by atoms with Crippen LogP contribution in [0.3, 0.4) is 0 Å². The molecular formula is C29H30O7S2. The third kappa shape index (κ3) is 11.7. The summed E-state index contributed by atoms with van der Waals surface area (Å²) < 4.78 is 16.3. The summed E-state index contributed by atoms with van der Waals surface area (Å²) in [7, 11) is 0. The van der Waals surface area contributed by atoms with Crippen LogP contribution in [-0.2, 0) is 9.47 Å². The minimum Gasteiger partial charge on any atom is -0.508 e. The zero-order valence-electron chi connectivity index (χ0n) is 20.6. The molecule has 0 radical (unpaired) electrons. The number of ether oxygens (including phenoxy) is 3. The average Bonchev–Trinajstić information content (AvgIpc) is 2.93. The number of benzene rings is 4. The van der Waals surface area contributed by atoms with Gasteiger partial charge in [-0.15, -0.1) is 23.5 Å². The van der Waals surface area contributed by atoms with E-state index in [1.165, 1.54) is 0 Å². The van der Waals surface area contributed by atoms with Gasteiger partial charge in [0, 0.05) is 21.3 Å². The minimum atomic E-state index is 0.202. The maximum Gasteiger partial charge on any atom is 0.146 e. The summed E-state index contributed by atoms with van der Waals surface area (Å²) in [5, 5.41) is 36.5. The van der Waals surface area contributed by atoms with Crippen molar-refractivity contribution in [2.75, 3.05) is 31.5 Å². The van der Waals surface area contributed by atoms with Gasteiger partial charge >= 0.3 is 0 Å². The second-order valence-corrected chi connectivity index (χ2v) is 10.0. The highest BCUT2D eigenvalue weighted by Gasteiger charge is 1.98. The normalized spacial score (nSPS) is 10.4. The van der Waals surface area contributed by atoms with Gasteiger partial charge in [0.05, 0.1) is 13.2 Å². The van der Waals surface area contributed by atoms with Crippen LogP contribution in [0.5, 0.6) is 34.5 Å². The molecule has 0 bridgehead atoms. The molecule has 0 aliphatic rings. The summed E-state index contributed by atoms with van der Waals surface area (Å²) >= 11 is 3.36. The summed E-state index contributed by atoms with van der Waals surface area (Å²) in [5.41, 5.74) is 0. The van der Waals surface area contributed by atoms with Crippen molar-refractivity contribution in [2.24, 2.45) is 0 Å². The zero-order valence-corrected chi connectivity index (χ0v) is 22.2. The standard InChI is InChI=1S/C17H20O4S2.C12H10O3/c18-14-1-5-16(6-2-14)22-11-9-20-13-21-10-12-23-17-7-3-15(19)4-8-17;13-9-1-5-11(6-2-9)15-12-7-3-10(14)4-8-12/h1-8,18-19H,9-13H2;1-8,13-14H. The quantitative estimate of drug-likeness (QED) is 0.0848. The van der Waals surface area contributed by atoms with Crippen LogP contribution >= 0.6 is 23.5 Å². The Morgan fingerprint density at radius 3 is 1.11 bits per heavy atom. The van der Waals surface area contributed by atoms with E-state index in [9.17, 15) is 10.2 Å². The fraction of sp³-hybridized carbons (Fsp3) is 0.172. The molecular weight excluding hydrogens is 524 g/mol. The topological polar surface area (TPSA) is 109 Å². The first-order chi connectivity index (χ1) is 18.5. The lowest BCUT2D eigenvalue weighted by Crippen LogP contribution is -2.05. The summed E-state index contributed by atoms with van der Waals surface area (Å²) in [4.78, 5) is 2.22. The number of hydrogen-bond acceptors (Lipinski definition) is 9. The van der Waals surface area contributed by atoms with Crippen molar-refractivity contribution in [3.63, 3.8) is 0 Å². The van der Waals surface area contributed by atoms with E-state index in [1.807, 2.05) is 24.3 Å². The van der Waals surface area contributed by atoms with E-state index in [-0.39, 0.29) is 23.0 Å². The Morgan fingerprint density at radius 1 is 0.447 bits per heavy atom. The van der Waals surface area contributed by atoms with E-state index in [1.54, 1.807) is 96.3 Å². The molecule has 0 fully saturated rings. The number of hydrogen-bond donors (Lipinski definition) is 4. The Hall–Kier alpha value is -3.50. The Morgan fingerprint density at radius 2 is 0.763 bits per heavy atom. The number of thioether (sulfide) groups is 2. The van der Waals surface area contributed by atoms with Crippen molar-refractivity contribution in [1.29, 1.82) is 0 Å². The molecule has 0 saturated heterocycles. The number of phenolic OH excluding ortho intramolecular Hbond substituents is 4. The lowest BCUT2D eigenvalue weighted by molar-refractivity contribution is -0.0426. The summed E-state index contributed by atoms with van der Waals surface area (Å²) in [6, 6.07) is 27.1. The van der Waals surface area contributed by atoms with Gasteiger partial charge in [0.1, 0.15) is 41.3 Å². The first kappa shape index (κ1) is 29.1. The Balaban J connectivity index is 0.000000230. The van der Waals surface area contributed by atoms with Crippen LogP contribution < -0.4 is 4.74 Å². The van der Waals surface area contributed by atoms with E-state index in [2.05, 4.69) is 0 Å². The molecule has 9 heteroatoms. The van der Waals surface area contributed by atoms with E-state index < -0.39 is 0 Å². The van der Waals surface area contributed by atoms with Crippen LogP contribution in [0.2, 0.25) is 0 Å². The molecule has 0 aromatic heterocycles. The first-order valence-corrected chi connectivity index (χ1v) is 13.7. The highest BCUT2D eigenvalue weighted by Crippen LogP contribution is 2.25. The zero-order chi connectivity index (χ0) is 27.0. The van der Waals surface area contributed by atoms with Crippen LogP contribution in [0.1, 0.15) is 0 Å². The fourth-order valence-electron chi connectivity index (χ4n) is 2.86. The molecule has 4 aromatic rings. The second kappa shape index (κ2) is 16.4. The summed E-state index contributed by atoms with van der Waals surface area (Å²) in [5.74, 6) is 3.93. The van der Waals surface area contributed by atoms with Crippen LogP contribution in [0, 0.1) is 0 Å². The first-order valence-electron chi connectivity index (χ1n) is 11.7. The van der Waals surface area contributed by atoms with E-state index in [0.29, 0.717) is 31.5 Å². The molecule has 0 amide bonds. The summed E-state index contributed by atoms with van der Waals surface area (Å²) in [6.07, 6.45) is 0. The molecule has 0 spiro atoms. The minimum absolute atomic E-state index is 0.202. The van der Waals surface area contributed by atoms with Crippen LogP contribution in [0.15, 0.2) is 107 Å². The Labute approximate surface area is 230 Å². The molecule has 0 atom stereocenters. The maximum absolute atomic E-state index is 9.19. The largest absolute Gasteiger partial charge is 0.508 e. The van der Waals surface area contributed by atoms with E-state index in [0.717, 1.165) is 21.3 Å². The van der Waals surface area contributed by atoms with Crippen LogP contribution in [0.4, 0.5) is 0 Å². The predicted octanol–water partition coefficient (Wildman–Crippen LogP) is 6.86. The molecule has 0 saturated carbocycles. The van der Waals surface area contributed by atoms with Crippen molar-refractivity contribution in [3.05, 3.63) is 97.1 Å². The Kier molecular flexibility index (Phi) is 12.5. The van der Waals surface area contributed by atoms with E-state index in [4.69, 9.17) is 24.4 Å². The Bertz CT molecular complexity index is 1090.